The molecule has 5 rings (SSSR count). The van der Waals surface area contributed by atoms with Gasteiger partial charge in [0.15, 0.2) is 0 Å². The average molecular weight is 482 g/mol. The van der Waals surface area contributed by atoms with Crippen LogP contribution in [-0.4, -0.2) is 40.5 Å². The normalized spacial score (nSPS) is 17.2. The Balaban J connectivity index is 1.47. The summed E-state index contributed by atoms with van der Waals surface area (Å²) in [6.45, 7) is 5.07. The molecule has 2 heterocycles. The molecule has 1 aliphatic rings. The van der Waals surface area contributed by atoms with Crippen molar-refractivity contribution in [2.75, 3.05) is 13.7 Å². The molecule has 0 bridgehead atoms. The van der Waals surface area contributed by atoms with Crippen LogP contribution in [0.3, 0.4) is 0 Å². The quantitative estimate of drug-likeness (QED) is 0.415. The van der Waals surface area contributed by atoms with E-state index < -0.39 is 5.54 Å². The van der Waals surface area contributed by atoms with E-state index in [1.807, 2.05) is 66.1 Å². The Labute approximate surface area is 211 Å². The monoisotopic (exact) mass is 481 g/mol. The third-order valence-corrected chi connectivity index (χ3v) is 7.20. The first kappa shape index (κ1) is 23.7. The van der Waals surface area contributed by atoms with E-state index in [-0.39, 0.29) is 11.8 Å². The predicted molar refractivity (Wildman–Crippen MR) is 141 cm³/mol. The molecule has 1 aliphatic heterocycles. The number of methoxy groups -OCH3 is 1. The Morgan fingerprint density at radius 3 is 2.53 bits per heavy atom. The van der Waals surface area contributed by atoms with E-state index in [9.17, 15) is 9.59 Å². The van der Waals surface area contributed by atoms with Gasteiger partial charge in [-0.15, -0.1) is 0 Å². The van der Waals surface area contributed by atoms with Crippen LogP contribution in [0.4, 0.5) is 0 Å². The van der Waals surface area contributed by atoms with Crippen LogP contribution in [0, 0.1) is 6.92 Å². The Kier molecular flexibility index (Phi) is 6.27. The van der Waals surface area contributed by atoms with E-state index in [1.54, 1.807) is 12.0 Å². The maximum absolute atomic E-state index is 13.9. The number of hydrogen-bond acceptors (Lipinski definition) is 3. The first-order valence-corrected chi connectivity index (χ1v) is 12.3. The first-order valence-electron chi connectivity index (χ1n) is 12.3. The number of hydrogen-bond donors (Lipinski definition) is 1. The van der Waals surface area contributed by atoms with Crippen LogP contribution in [0.2, 0.25) is 0 Å². The molecule has 0 saturated heterocycles. The molecule has 3 aromatic carbocycles. The maximum atomic E-state index is 13.9. The highest BCUT2D eigenvalue weighted by Gasteiger charge is 2.47. The molecule has 1 aromatic heterocycles. The van der Waals surface area contributed by atoms with E-state index in [1.165, 1.54) is 5.56 Å². The largest absolute Gasteiger partial charge is 0.496 e. The van der Waals surface area contributed by atoms with Gasteiger partial charge >= 0.3 is 0 Å². The third-order valence-electron chi connectivity index (χ3n) is 7.20. The molecule has 6 nitrogen and oxygen atoms in total. The van der Waals surface area contributed by atoms with Gasteiger partial charge in [-0.3, -0.25) is 9.59 Å². The number of nitrogens with one attached hydrogen (secondary N) is 1. The molecule has 0 aliphatic carbocycles. The maximum Gasteiger partial charge on any atom is 0.271 e. The summed E-state index contributed by atoms with van der Waals surface area (Å²) in [7, 11) is 1.62. The fraction of sp³-hybridized carbons (Fsp3) is 0.267. The van der Waals surface area contributed by atoms with Crippen molar-refractivity contribution in [1.82, 2.24) is 14.8 Å². The van der Waals surface area contributed by atoms with E-state index in [0.29, 0.717) is 31.7 Å². The van der Waals surface area contributed by atoms with Crippen LogP contribution in [0.5, 0.6) is 5.75 Å². The van der Waals surface area contributed by atoms with Gasteiger partial charge in [0.1, 0.15) is 17.0 Å². The molecule has 0 unspecified atom stereocenters. The third kappa shape index (κ3) is 4.24. The topological polar surface area (TPSA) is 63.6 Å². The summed E-state index contributed by atoms with van der Waals surface area (Å²) < 4.78 is 7.44. The van der Waals surface area contributed by atoms with Crippen molar-refractivity contribution in [3.05, 3.63) is 101 Å². The predicted octanol–water partition coefficient (Wildman–Crippen LogP) is 4.73. The molecule has 184 valence electrons. The highest BCUT2D eigenvalue weighted by molar-refractivity contribution is 6.03. The van der Waals surface area contributed by atoms with Gasteiger partial charge in [0.05, 0.1) is 13.7 Å². The zero-order valence-corrected chi connectivity index (χ0v) is 21.0. The van der Waals surface area contributed by atoms with E-state index >= 15 is 0 Å². The van der Waals surface area contributed by atoms with Crippen molar-refractivity contribution in [3.8, 4) is 5.75 Å². The summed E-state index contributed by atoms with van der Waals surface area (Å²) in [5.74, 6) is 0.409. The van der Waals surface area contributed by atoms with Crippen molar-refractivity contribution in [2.24, 2.45) is 0 Å². The summed E-state index contributed by atoms with van der Waals surface area (Å²) in [4.78, 5) is 29.4. The van der Waals surface area contributed by atoms with Crippen LogP contribution in [0.25, 0.3) is 10.9 Å². The Hall–Kier alpha value is -4.06. The van der Waals surface area contributed by atoms with Gasteiger partial charge in [-0.2, -0.15) is 0 Å². The molecule has 36 heavy (non-hydrogen) atoms. The lowest BCUT2D eigenvalue weighted by Crippen LogP contribution is -2.64. The van der Waals surface area contributed by atoms with Crippen molar-refractivity contribution < 1.29 is 14.3 Å². The SMILES string of the molecule is COc1ccccc1CNC(=O)[C@@]1(C)Cn2c(cc3ccccc32)C(=O)N1CCc1ccc(C)cc1. The Bertz CT molecular complexity index is 1420. The summed E-state index contributed by atoms with van der Waals surface area (Å²) in [6, 6.07) is 25.8. The Morgan fingerprint density at radius 2 is 1.75 bits per heavy atom. The number of nitrogens with zero attached hydrogens (tertiary/aromatic N) is 2. The Morgan fingerprint density at radius 1 is 1.03 bits per heavy atom. The lowest BCUT2D eigenvalue weighted by Gasteiger charge is -2.44. The van der Waals surface area contributed by atoms with Crippen molar-refractivity contribution in [1.29, 1.82) is 0 Å². The zero-order valence-electron chi connectivity index (χ0n) is 21.0. The summed E-state index contributed by atoms with van der Waals surface area (Å²) in [5.41, 5.74) is 3.74. The van der Waals surface area contributed by atoms with Gasteiger partial charge in [-0.25, -0.2) is 0 Å². The second-order valence-electron chi connectivity index (χ2n) is 9.64. The smallest absolute Gasteiger partial charge is 0.271 e. The summed E-state index contributed by atoms with van der Waals surface area (Å²) in [6.07, 6.45) is 0.668. The lowest BCUT2D eigenvalue weighted by molar-refractivity contribution is -0.133. The number of rotatable bonds is 7. The molecule has 6 heteroatoms. The number of ether oxygens (including phenoxy) is 1. The van der Waals surface area contributed by atoms with E-state index in [4.69, 9.17) is 4.74 Å². The number of carbonyl (C=O) groups is 2. The summed E-state index contributed by atoms with van der Waals surface area (Å²) in [5, 5.41) is 4.08. The van der Waals surface area contributed by atoms with E-state index in [0.717, 1.165) is 27.8 Å². The number of aryl methyl sites for hydroxylation is 1. The zero-order chi connectivity index (χ0) is 25.3. The van der Waals surface area contributed by atoms with Gasteiger partial charge < -0.3 is 19.5 Å². The van der Waals surface area contributed by atoms with Crippen LogP contribution in [-0.2, 0) is 24.3 Å². The molecule has 0 saturated carbocycles. The standard InChI is InChI=1S/C30H31N3O3/c1-21-12-14-22(15-13-21)16-17-33-28(34)26-18-23-8-4-6-10-25(23)32(26)20-30(33,2)29(35)31-19-24-9-5-7-11-27(24)36-3/h4-15,18H,16-17,19-20H2,1-3H3,(H,31,35)/t30-/m1/s1. The number of benzene rings is 3. The number of para-hydroxylation sites is 2. The molecule has 0 spiro atoms. The minimum absolute atomic E-state index is 0.125. The fourth-order valence-electron chi connectivity index (χ4n) is 5.07. The van der Waals surface area contributed by atoms with Crippen molar-refractivity contribution >= 4 is 22.7 Å². The number of amides is 2. The number of fused-ring (bicyclic) bond motifs is 3. The molecular formula is C30H31N3O3. The molecule has 0 fully saturated rings. The minimum atomic E-state index is -1.06. The van der Waals surface area contributed by atoms with Gasteiger partial charge in [0.2, 0.25) is 5.91 Å². The second kappa shape index (κ2) is 9.53. The fourth-order valence-corrected chi connectivity index (χ4v) is 5.07. The average Bonchev–Trinajstić information content (AvgIpc) is 3.26. The van der Waals surface area contributed by atoms with Crippen LogP contribution < -0.4 is 10.1 Å². The molecule has 4 aromatic rings. The molecule has 1 atom stereocenters. The van der Waals surface area contributed by atoms with Gasteiger partial charge in [0.25, 0.3) is 5.91 Å². The highest BCUT2D eigenvalue weighted by atomic mass is 16.5. The van der Waals surface area contributed by atoms with Crippen molar-refractivity contribution in [2.45, 2.75) is 38.9 Å². The molecule has 0 radical (unpaired) electrons. The van der Waals surface area contributed by atoms with Gasteiger partial charge in [-0.05, 0) is 44.0 Å². The van der Waals surface area contributed by atoms with Crippen LogP contribution in [0.1, 0.15) is 34.1 Å². The number of aromatic nitrogens is 1. The van der Waals surface area contributed by atoms with E-state index in [2.05, 4.69) is 36.5 Å². The van der Waals surface area contributed by atoms with Gasteiger partial charge in [0, 0.05) is 29.6 Å². The van der Waals surface area contributed by atoms with Crippen molar-refractivity contribution in [3.63, 3.8) is 0 Å². The first-order chi connectivity index (χ1) is 17.4. The summed E-state index contributed by atoms with van der Waals surface area (Å²) >= 11 is 0. The lowest BCUT2D eigenvalue weighted by atomic mass is 9.93. The molecule has 2 amide bonds. The molecular weight excluding hydrogens is 450 g/mol. The van der Waals surface area contributed by atoms with Crippen LogP contribution >= 0.6 is 0 Å². The highest BCUT2D eigenvalue weighted by Crippen LogP contribution is 2.32. The van der Waals surface area contributed by atoms with Gasteiger partial charge in [-0.1, -0.05) is 66.2 Å². The van der Waals surface area contributed by atoms with Crippen LogP contribution in [0.15, 0.2) is 78.9 Å². The number of carbonyl (C=O) groups excluding carboxylic acids is 2. The second-order valence-corrected chi connectivity index (χ2v) is 9.64. The minimum Gasteiger partial charge on any atom is -0.496 e. The molecule has 1 N–H and O–H groups in total.